The zero-order valence-corrected chi connectivity index (χ0v) is 10.8. The zero-order chi connectivity index (χ0) is 14.2. The normalized spacial score (nSPS) is 11.6. The topological polar surface area (TPSA) is 20.2 Å². The molecule has 0 unspecified atom stereocenters. The van der Waals surface area contributed by atoms with Gasteiger partial charge >= 0.3 is 6.18 Å². The van der Waals surface area contributed by atoms with E-state index in [1.54, 1.807) is 0 Å². The SMILES string of the molecule is Oc1cc(-c2cc(Cl)ccc2Cl)cc(C(F)(F)F)c1. The minimum Gasteiger partial charge on any atom is -0.508 e. The van der Waals surface area contributed by atoms with Crippen molar-refractivity contribution in [3.63, 3.8) is 0 Å². The van der Waals surface area contributed by atoms with Gasteiger partial charge in [0, 0.05) is 15.6 Å². The van der Waals surface area contributed by atoms with Gasteiger partial charge in [-0.15, -0.1) is 0 Å². The molecule has 0 saturated heterocycles. The van der Waals surface area contributed by atoms with E-state index in [0.717, 1.165) is 6.07 Å². The number of aromatic hydroxyl groups is 1. The average molecular weight is 307 g/mol. The van der Waals surface area contributed by atoms with Crippen LogP contribution in [0.15, 0.2) is 36.4 Å². The minimum absolute atomic E-state index is 0.153. The number of hydrogen-bond donors (Lipinski definition) is 1. The Labute approximate surface area is 117 Å². The van der Waals surface area contributed by atoms with Gasteiger partial charge in [-0.25, -0.2) is 0 Å². The van der Waals surface area contributed by atoms with Crippen LogP contribution in [0, 0.1) is 0 Å². The Morgan fingerprint density at radius 2 is 1.63 bits per heavy atom. The number of phenols is 1. The van der Waals surface area contributed by atoms with Crippen LogP contribution in [0.4, 0.5) is 13.2 Å². The highest BCUT2D eigenvalue weighted by molar-refractivity contribution is 6.35. The monoisotopic (exact) mass is 306 g/mol. The summed E-state index contributed by atoms with van der Waals surface area (Å²) in [6.07, 6.45) is -4.54. The van der Waals surface area contributed by atoms with Crippen molar-refractivity contribution in [3.05, 3.63) is 52.0 Å². The van der Waals surface area contributed by atoms with Crippen molar-refractivity contribution in [1.82, 2.24) is 0 Å². The molecule has 0 aliphatic rings. The zero-order valence-electron chi connectivity index (χ0n) is 9.30. The van der Waals surface area contributed by atoms with Crippen LogP contribution < -0.4 is 0 Å². The van der Waals surface area contributed by atoms with Crippen LogP contribution in [0.3, 0.4) is 0 Å². The summed E-state index contributed by atoms with van der Waals surface area (Å²) in [6.45, 7) is 0. The van der Waals surface area contributed by atoms with E-state index in [2.05, 4.69) is 0 Å². The minimum atomic E-state index is -4.54. The van der Waals surface area contributed by atoms with Crippen molar-refractivity contribution in [2.45, 2.75) is 6.18 Å². The third kappa shape index (κ3) is 3.14. The van der Waals surface area contributed by atoms with Gasteiger partial charge in [0.15, 0.2) is 0 Å². The predicted octanol–water partition coefficient (Wildman–Crippen LogP) is 5.38. The van der Waals surface area contributed by atoms with Gasteiger partial charge in [0.2, 0.25) is 0 Å². The first-order valence-corrected chi connectivity index (χ1v) is 5.89. The molecule has 0 amide bonds. The molecule has 2 rings (SSSR count). The highest BCUT2D eigenvalue weighted by Crippen LogP contribution is 2.37. The van der Waals surface area contributed by atoms with Crippen molar-refractivity contribution in [1.29, 1.82) is 0 Å². The molecule has 6 heteroatoms. The second-order valence-electron chi connectivity index (χ2n) is 3.89. The van der Waals surface area contributed by atoms with Crippen molar-refractivity contribution in [3.8, 4) is 16.9 Å². The summed E-state index contributed by atoms with van der Waals surface area (Å²) in [6, 6.07) is 7.22. The van der Waals surface area contributed by atoms with Crippen molar-refractivity contribution in [2.24, 2.45) is 0 Å². The lowest BCUT2D eigenvalue weighted by Gasteiger charge is -2.11. The highest BCUT2D eigenvalue weighted by atomic mass is 35.5. The Balaban J connectivity index is 2.63. The van der Waals surface area contributed by atoms with E-state index in [9.17, 15) is 18.3 Å². The van der Waals surface area contributed by atoms with Gasteiger partial charge in [-0.2, -0.15) is 13.2 Å². The quantitative estimate of drug-likeness (QED) is 0.749. The van der Waals surface area contributed by atoms with Crippen molar-refractivity contribution < 1.29 is 18.3 Å². The van der Waals surface area contributed by atoms with Gasteiger partial charge in [-0.05, 0) is 42.0 Å². The fourth-order valence-electron chi connectivity index (χ4n) is 1.65. The van der Waals surface area contributed by atoms with E-state index in [4.69, 9.17) is 23.2 Å². The number of benzene rings is 2. The summed E-state index contributed by atoms with van der Waals surface area (Å²) < 4.78 is 38.0. The number of phenolic OH excluding ortho intramolecular Hbond substituents is 1. The molecular formula is C13H7Cl2F3O. The number of hydrogen-bond acceptors (Lipinski definition) is 1. The van der Waals surface area contributed by atoms with Crippen molar-refractivity contribution in [2.75, 3.05) is 0 Å². The van der Waals surface area contributed by atoms with E-state index < -0.39 is 17.5 Å². The summed E-state index contributed by atoms with van der Waals surface area (Å²) in [5.74, 6) is -0.485. The summed E-state index contributed by atoms with van der Waals surface area (Å²) in [5, 5.41) is 10.00. The summed E-state index contributed by atoms with van der Waals surface area (Å²) in [5.41, 5.74) is -0.464. The molecule has 0 aromatic heterocycles. The number of rotatable bonds is 1. The highest BCUT2D eigenvalue weighted by Gasteiger charge is 2.31. The van der Waals surface area contributed by atoms with Crippen LogP contribution in [-0.2, 0) is 6.18 Å². The molecule has 0 spiro atoms. The fraction of sp³-hybridized carbons (Fsp3) is 0.0769. The molecule has 1 N–H and O–H groups in total. The molecule has 19 heavy (non-hydrogen) atoms. The van der Waals surface area contributed by atoms with Gasteiger partial charge < -0.3 is 5.11 Å². The van der Waals surface area contributed by atoms with E-state index >= 15 is 0 Å². The molecule has 0 aliphatic heterocycles. The molecule has 0 fully saturated rings. The molecular weight excluding hydrogens is 300 g/mol. The number of halogens is 5. The van der Waals surface area contributed by atoms with E-state index in [1.807, 2.05) is 0 Å². The van der Waals surface area contributed by atoms with Gasteiger partial charge in [-0.3, -0.25) is 0 Å². The number of alkyl halides is 3. The maximum absolute atomic E-state index is 12.7. The van der Waals surface area contributed by atoms with Gasteiger partial charge in [-0.1, -0.05) is 23.2 Å². The van der Waals surface area contributed by atoms with Gasteiger partial charge in [0.25, 0.3) is 0 Å². The molecule has 1 nitrogen and oxygen atoms in total. The standard InChI is InChI=1S/C13H7Cl2F3O/c14-9-1-2-12(15)11(6-9)7-3-8(13(16,17)18)5-10(19)4-7/h1-6,19H. The Kier molecular flexibility index (Phi) is 3.65. The molecule has 2 aromatic carbocycles. The molecule has 100 valence electrons. The lowest BCUT2D eigenvalue weighted by Crippen LogP contribution is -2.04. The largest absolute Gasteiger partial charge is 0.508 e. The predicted molar refractivity (Wildman–Crippen MR) is 68.6 cm³/mol. The summed E-state index contributed by atoms with van der Waals surface area (Å²) >= 11 is 11.7. The third-order valence-electron chi connectivity index (χ3n) is 2.48. The maximum atomic E-state index is 12.7. The first kappa shape index (κ1) is 14.0. The molecule has 0 heterocycles. The Morgan fingerprint density at radius 3 is 2.26 bits per heavy atom. The van der Waals surface area contributed by atoms with E-state index in [-0.39, 0.29) is 10.6 Å². The molecule has 0 aliphatic carbocycles. The van der Waals surface area contributed by atoms with Crippen LogP contribution in [0.5, 0.6) is 5.75 Å². The average Bonchev–Trinajstić information content (AvgIpc) is 2.30. The smallest absolute Gasteiger partial charge is 0.416 e. The summed E-state index contributed by atoms with van der Waals surface area (Å²) in [7, 11) is 0. The van der Waals surface area contributed by atoms with Crippen LogP contribution >= 0.6 is 23.2 Å². The Hall–Kier alpha value is -1.39. The lowest BCUT2D eigenvalue weighted by atomic mass is 10.0. The Morgan fingerprint density at radius 1 is 0.947 bits per heavy atom. The molecule has 0 saturated carbocycles. The molecule has 0 radical (unpaired) electrons. The van der Waals surface area contributed by atoms with E-state index in [1.165, 1.54) is 24.3 Å². The van der Waals surface area contributed by atoms with E-state index in [0.29, 0.717) is 16.7 Å². The van der Waals surface area contributed by atoms with Crippen LogP contribution in [0.25, 0.3) is 11.1 Å². The van der Waals surface area contributed by atoms with Crippen LogP contribution in [0.2, 0.25) is 10.0 Å². The summed E-state index contributed by atoms with van der Waals surface area (Å²) in [4.78, 5) is 0. The second kappa shape index (κ2) is 4.94. The molecule has 0 bridgehead atoms. The Bertz CT molecular complexity index is 624. The first-order chi connectivity index (χ1) is 8.77. The maximum Gasteiger partial charge on any atom is 0.416 e. The molecule has 0 atom stereocenters. The van der Waals surface area contributed by atoms with Crippen LogP contribution in [0.1, 0.15) is 5.56 Å². The fourth-order valence-corrected chi connectivity index (χ4v) is 2.05. The van der Waals surface area contributed by atoms with Crippen molar-refractivity contribution >= 4 is 23.2 Å². The molecule has 2 aromatic rings. The lowest BCUT2D eigenvalue weighted by molar-refractivity contribution is -0.137. The van der Waals surface area contributed by atoms with Crippen LogP contribution in [-0.4, -0.2) is 5.11 Å². The third-order valence-corrected chi connectivity index (χ3v) is 3.05. The first-order valence-electron chi connectivity index (χ1n) is 5.14. The van der Waals surface area contributed by atoms with Gasteiger partial charge in [0.05, 0.1) is 5.56 Å². The second-order valence-corrected chi connectivity index (χ2v) is 4.73. The van der Waals surface area contributed by atoms with Gasteiger partial charge in [0.1, 0.15) is 5.75 Å².